The summed E-state index contributed by atoms with van der Waals surface area (Å²) in [7, 11) is 0. The molecule has 0 aliphatic rings. The number of hydrogen-bond donors (Lipinski definition) is 1. The second kappa shape index (κ2) is 5.45. The maximum absolute atomic E-state index is 12.3. The molecule has 4 rings (SSSR count). The number of para-hydroxylation sites is 1. The minimum Gasteiger partial charge on any atom is -0.290 e. The number of H-pyrrole nitrogens is 1. The average molecular weight is 316 g/mol. The lowest BCUT2D eigenvalue weighted by Crippen LogP contribution is -2.14. The number of hydrogen-bond acceptors (Lipinski definition) is 3. The molecule has 0 radical (unpaired) electrons. The summed E-state index contributed by atoms with van der Waals surface area (Å²) in [6, 6.07) is 17.5. The van der Waals surface area contributed by atoms with Gasteiger partial charge in [0, 0.05) is 5.56 Å². The molecule has 0 atom stereocenters. The van der Waals surface area contributed by atoms with Crippen LogP contribution in [0.2, 0.25) is 0 Å². The van der Waals surface area contributed by atoms with Gasteiger partial charge in [0.05, 0.1) is 22.3 Å². The minimum absolute atomic E-state index is 0.168. The Bertz CT molecular complexity index is 1110. The maximum Gasteiger partial charge on any atom is 0.260 e. The van der Waals surface area contributed by atoms with E-state index in [0.29, 0.717) is 16.9 Å². The van der Waals surface area contributed by atoms with Crippen LogP contribution in [0.3, 0.4) is 0 Å². The summed E-state index contributed by atoms with van der Waals surface area (Å²) in [6.45, 7) is 3.97. The Kier molecular flexibility index (Phi) is 3.27. The van der Waals surface area contributed by atoms with E-state index in [1.165, 1.54) is 0 Å². The standard InChI is InChI=1S/C19H16N4O/c1-12-6-5-7-14(10-12)17-11-13(2)22-23(17)19-20-16-9-4-3-8-15(16)18(24)21-19/h3-11H,1-2H3,(H,20,21,24). The van der Waals surface area contributed by atoms with Gasteiger partial charge in [0.25, 0.3) is 5.56 Å². The number of aromatic nitrogens is 4. The zero-order chi connectivity index (χ0) is 16.7. The molecule has 0 amide bonds. The summed E-state index contributed by atoms with van der Waals surface area (Å²) in [4.78, 5) is 19.8. The van der Waals surface area contributed by atoms with Crippen molar-refractivity contribution in [2.75, 3.05) is 0 Å². The molecule has 0 saturated heterocycles. The zero-order valence-electron chi connectivity index (χ0n) is 13.4. The first-order valence-electron chi connectivity index (χ1n) is 7.75. The van der Waals surface area contributed by atoms with Crippen LogP contribution in [0.25, 0.3) is 28.1 Å². The fraction of sp³-hybridized carbons (Fsp3) is 0.105. The highest BCUT2D eigenvalue weighted by molar-refractivity contribution is 5.77. The van der Waals surface area contributed by atoms with Gasteiger partial charge in [-0.15, -0.1) is 0 Å². The molecule has 0 saturated carbocycles. The molecular formula is C19H16N4O. The van der Waals surface area contributed by atoms with Crippen molar-refractivity contribution in [1.82, 2.24) is 19.7 Å². The predicted molar refractivity (Wildman–Crippen MR) is 94.4 cm³/mol. The maximum atomic E-state index is 12.3. The molecule has 118 valence electrons. The molecule has 4 aromatic rings. The lowest BCUT2D eigenvalue weighted by molar-refractivity contribution is 0.805. The largest absolute Gasteiger partial charge is 0.290 e. The van der Waals surface area contributed by atoms with Crippen molar-refractivity contribution in [3.63, 3.8) is 0 Å². The van der Waals surface area contributed by atoms with Crippen molar-refractivity contribution in [3.05, 3.63) is 76.2 Å². The van der Waals surface area contributed by atoms with Gasteiger partial charge in [0.15, 0.2) is 0 Å². The first kappa shape index (κ1) is 14.4. The summed E-state index contributed by atoms with van der Waals surface area (Å²) in [5.41, 5.74) is 4.44. The first-order chi connectivity index (χ1) is 11.6. The summed E-state index contributed by atoms with van der Waals surface area (Å²) in [5.74, 6) is 0.420. The van der Waals surface area contributed by atoms with Crippen molar-refractivity contribution in [3.8, 4) is 17.2 Å². The van der Waals surface area contributed by atoms with Crippen LogP contribution in [-0.2, 0) is 0 Å². The Balaban J connectivity index is 1.96. The average Bonchev–Trinajstić information content (AvgIpc) is 2.97. The molecular weight excluding hydrogens is 300 g/mol. The molecule has 0 bridgehead atoms. The van der Waals surface area contributed by atoms with Crippen molar-refractivity contribution in [2.45, 2.75) is 13.8 Å². The predicted octanol–water partition coefficient (Wildman–Crippen LogP) is 3.39. The van der Waals surface area contributed by atoms with Gasteiger partial charge in [-0.3, -0.25) is 9.78 Å². The minimum atomic E-state index is -0.168. The van der Waals surface area contributed by atoms with Crippen molar-refractivity contribution >= 4 is 10.9 Å². The van der Waals surface area contributed by atoms with Gasteiger partial charge in [-0.2, -0.15) is 9.78 Å². The van der Waals surface area contributed by atoms with Gasteiger partial charge >= 0.3 is 0 Å². The second-order valence-electron chi connectivity index (χ2n) is 5.86. The van der Waals surface area contributed by atoms with Crippen LogP contribution in [0.15, 0.2) is 59.4 Å². The molecule has 0 spiro atoms. The third-order valence-corrected chi connectivity index (χ3v) is 3.95. The molecule has 24 heavy (non-hydrogen) atoms. The van der Waals surface area contributed by atoms with Gasteiger partial charge in [-0.1, -0.05) is 35.9 Å². The number of rotatable bonds is 2. The number of aryl methyl sites for hydroxylation is 2. The number of aromatic amines is 1. The van der Waals surface area contributed by atoms with E-state index in [0.717, 1.165) is 22.5 Å². The zero-order valence-corrected chi connectivity index (χ0v) is 13.4. The van der Waals surface area contributed by atoms with Gasteiger partial charge < -0.3 is 0 Å². The normalized spacial score (nSPS) is 11.1. The van der Waals surface area contributed by atoms with E-state index in [-0.39, 0.29) is 5.56 Å². The Morgan fingerprint density at radius 1 is 1.00 bits per heavy atom. The van der Waals surface area contributed by atoms with Crippen LogP contribution in [0, 0.1) is 13.8 Å². The van der Waals surface area contributed by atoms with Gasteiger partial charge in [0.1, 0.15) is 0 Å². The summed E-state index contributed by atoms with van der Waals surface area (Å²) < 4.78 is 1.69. The van der Waals surface area contributed by atoms with Crippen LogP contribution in [0.4, 0.5) is 0 Å². The van der Waals surface area contributed by atoms with E-state index < -0.39 is 0 Å². The fourth-order valence-corrected chi connectivity index (χ4v) is 2.85. The van der Waals surface area contributed by atoms with Crippen molar-refractivity contribution in [1.29, 1.82) is 0 Å². The van der Waals surface area contributed by atoms with E-state index in [2.05, 4.69) is 21.1 Å². The molecule has 2 heterocycles. The summed E-state index contributed by atoms with van der Waals surface area (Å²) in [5, 5.41) is 5.09. The Hall–Kier alpha value is -3.21. The van der Waals surface area contributed by atoms with E-state index >= 15 is 0 Å². The molecule has 5 nitrogen and oxygen atoms in total. The Morgan fingerprint density at radius 3 is 2.67 bits per heavy atom. The fourth-order valence-electron chi connectivity index (χ4n) is 2.85. The van der Waals surface area contributed by atoms with Crippen LogP contribution >= 0.6 is 0 Å². The highest BCUT2D eigenvalue weighted by Crippen LogP contribution is 2.23. The molecule has 0 unspecified atom stereocenters. The molecule has 1 N–H and O–H groups in total. The first-order valence-corrected chi connectivity index (χ1v) is 7.75. The molecule has 2 aromatic heterocycles. The second-order valence-corrected chi connectivity index (χ2v) is 5.86. The van der Waals surface area contributed by atoms with E-state index in [9.17, 15) is 4.79 Å². The smallest absolute Gasteiger partial charge is 0.260 e. The van der Waals surface area contributed by atoms with Gasteiger partial charge in [-0.05, 0) is 38.1 Å². The Morgan fingerprint density at radius 2 is 1.83 bits per heavy atom. The lowest BCUT2D eigenvalue weighted by Gasteiger charge is -2.08. The number of nitrogens with one attached hydrogen (secondary N) is 1. The summed E-state index contributed by atoms with van der Waals surface area (Å²) >= 11 is 0. The molecule has 0 aliphatic heterocycles. The summed E-state index contributed by atoms with van der Waals surface area (Å²) in [6.07, 6.45) is 0. The van der Waals surface area contributed by atoms with E-state index in [1.54, 1.807) is 10.7 Å². The molecule has 2 aromatic carbocycles. The number of nitrogens with zero attached hydrogens (tertiary/aromatic N) is 3. The highest BCUT2D eigenvalue weighted by Gasteiger charge is 2.13. The number of fused-ring (bicyclic) bond motifs is 1. The number of benzene rings is 2. The van der Waals surface area contributed by atoms with Crippen LogP contribution in [-0.4, -0.2) is 19.7 Å². The third-order valence-electron chi connectivity index (χ3n) is 3.95. The monoisotopic (exact) mass is 316 g/mol. The molecule has 0 fully saturated rings. The van der Waals surface area contributed by atoms with Crippen molar-refractivity contribution in [2.24, 2.45) is 0 Å². The molecule has 0 aliphatic carbocycles. The van der Waals surface area contributed by atoms with E-state index in [1.807, 2.05) is 56.3 Å². The van der Waals surface area contributed by atoms with Gasteiger partial charge in [0.2, 0.25) is 5.95 Å². The highest BCUT2D eigenvalue weighted by atomic mass is 16.1. The third kappa shape index (κ3) is 2.40. The topological polar surface area (TPSA) is 63.6 Å². The molecule has 5 heteroatoms. The van der Waals surface area contributed by atoms with Crippen LogP contribution in [0.1, 0.15) is 11.3 Å². The van der Waals surface area contributed by atoms with E-state index in [4.69, 9.17) is 0 Å². The van der Waals surface area contributed by atoms with Crippen molar-refractivity contribution < 1.29 is 0 Å². The van der Waals surface area contributed by atoms with Crippen LogP contribution < -0.4 is 5.56 Å². The quantitative estimate of drug-likeness (QED) is 0.616. The van der Waals surface area contributed by atoms with Crippen LogP contribution in [0.5, 0.6) is 0 Å². The SMILES string of the molecule is Cc1cccc(-c2cc(C)nn2-c2nc3ccccc3c(=O)[nH]2)c1. The lowest BCUT2D eigenvalue weighted by atomic mass is 10.1. The van der Waals surface area contributed by atoms with Gasteiger partial charge in [-0.25, -0.2) is 4.98 Å². The Labute approximate surface area is 138 Å².